The zero-order chi connectivity index (χ0) is 14.7. The van der Waals surface area contributed by atoms with Crippen molar-refractivity contribution in [1.82, 2.24) is 0 Å². The Morgan fingerprint density at radius 2 is 1.90 bits per heavy atom. The van der Waals surface area contributed by atoms with Crippen LogP contribution < -0.4 is 10.5 Å². The average molecular weight is 309 g/mol. The average Bonchev–Trinajstić information content (AvgIpc) is 2.42. The van der Waals surface area contributed by atoms with Crippen LogP contribution in [0.25, 0.3) is 0 Å². The summed E-state index contributed by atoms with van der Waals surface area (Å²) in [6, 6.07) is 10.5. The molecule has 0 atom stereocenters. The van der Waals surface area contributed by atoms with Crippen LogP contribution in [0.5, 0.6) is 11.5 Å². The summed E-state index contributed by atoms with van der Waals surface area (Å²) in [7, 11) is 0. The second-order valence-electron chi connectivity index (χ2n) is 4.27. The lowest BCUT2D eigenvalue weighted by Gasteiger charge is -2.10. The van der Waals surface area contributed by atoms with E-state index in [1.54, 1.807) is 30.3 Å². The molecule has 0 aliphatic rings. The van der Waals surface area contributed by atoms with Gasteiger partial charge in [-0.3, -0.25) is 5.41 Å². The quantitative estimate of drug-likeness (QED) is 0.639. The first kappa shape index (κ1) is 14.7. The van der Waals surface area contributed by atoms with Gasteiger partial charge in [-0.05, 0) is 48.4 Å². The molecule has 0 bridgehead atoms. The number of hydrogen-bond acceptors (Lipinski definition) is 2. The number of hydrogen-bond donors (Lipinski definition) is 2. The van der Waals surface area contributed by atoms with Crippen molar-refractivity contribution in [2.45, 2.75) is 13.3 Å². The number of halogens is 2. The largest absolute Gasteiger partial charge is 0.456 e. The first-order chi connectivity index (χ1) is 9.51. The van der Waals surface area contributed by atoms with Gasteiger partial charge in [-0.2, -0.15) is 0 Å². The Labute approximate surface area is 127 Å². The smallest absolute Gasteiger partial charge is 0.146 e. The summed E-state index contributed by atoms with van der Waals surface area (Å²) in [5.74, 6) is 1.16. The molecule has 0 saturated carbocycles. The monoisotopic (exact) mass is 308 g/mol. The highest BCUT2D eigenvalue weighted by Crippen LogP contribution is 2.32. The van der Waals surface area contributed by atoms with Gasteiger partial charge in [-0.1, -0.05) is 30.1 Å². The fourth-order valence-corrected chi connectivity index (χ4v) is 2.23. The topological polar surface area (TPSA) is 59.1 Å². The van der Waals surface area contributed by atoms with Crippen molar-refractivity contribution in [2.75, 3.05) is 0 Å². The zero-order valence-electron chi connectivity index (χ0n) is 10.9. The molecule has 20 heavy (non-hydrogen) atoms. The maximum absolute atomic E-state index is 7.36. The summed E-state index contributed by atoms with van der Waals surface area (Å²) in [4.78, 5) is 0. The molecular weight excluding hydrogens is 295 g/mol. The Bertz CT molecular complexity index is 656. The van der Waals surface area contributed by atoms with Crippen molar-refractivity contribution >= 4 is 29.0 Å². The van der Waals surface area contributed by atoms with Crippen molar-refractivity contribution in [3.8, 4) is 11.5 Å². The van der Waals surface area contributed by atoms with E-state index < -0.39 is 0 Å². The molecule has 104 valence electrons. The molecule has 0 aliphatic carbocycles. The van der Waals surface area contributed by atoms with E-state index in [1.807, 2.05) is 13.0 Å². The van der Waals surface area contributed by atoms with Crippen LogP contribution in [0.15, 0.2) is 36.4 Å². The second kappa shape index (κ2) is 6.16. The van der Waals surface area contributed by atoms with Gasteiger partial charge in [0.2, 0.25) is 0 Å². The number of ether oxygens (including phenoxy) is 1. The van der Waals surface area contributed by atoms with Crippen LogP contribution in [0.3, 0.4) is 0 Å². The van der Waals surface area contributed by atoms with Gasteiger partial charge in [-0.15, -0.1) is 0 Å². The lowest BCUT2D eigenvalue weighted by atomic mass is 10.1. The highest BCUT2D eigenvalue weighted by molar-refractivity contribution is 6.32. The van der Waals surface area contributed by atoms with Crippen molar-refractivity contribution in [1.29, 1.82) is 5.41 Å². The Hall–Kier alpha value is -1.71. The van der Waals surface area contributed by atoms with E-state index in [0.29, 0.717) is 22.1 Å². The third-order valence-corrected chi connectivity index (χ3v) is 3.53. The fourth-order valence-electron chi connectivity index (χ4n) is 1.76. The van der Waals surface area contributed by atoms with Gasteiger partial charge in [0.25, 0.3) is 0 Å². The zero-order valence-corrected chi connectivity index (χ0v) is 12.4. The van der Waals surface area contributed by atoms with Crippen molar-refractivity contribution in [3.05, 3.63) is 57.6 Å². The highest BCUT2D eigenvalue weighted by atomic mass is 35.5. The molecule has 3 N–H and O–H groups in total. The minimum absolute atomic E-state index is 0.0294. The van der Waals surface area contributed by atoms with Crippen LogP contribution >= 0.6 is 23.2 Å². The van der Waals surface area contributed by atoms with E-state index >= 15 is 0 Å². The van der Waals surface area contributed by atoms with Gasteiger partial charge in [0, 0.05) is 10.6 Å². The van der Waals surface area contributed by atoms with Crippen molar-refractivity contribution < 1.29 is 4.74 Å². The van der Waals surface area contributed by atoms with E-state index in [2.05, 4.69) is 0 Å². The Balaban J connectivity index is 2.28. The molecule has 2 aromatic rings. The van der Waals surface area contributed by atoms with Gasteiger partial charge in [0.15, 0.2) is 0 Å². The SMILES string of the molecule is CCc1cc(Oc2ccc(C(=N)N)cc2Cl)ccc1Cl. The summed E-state index contributed by atoms with van der Waals surface area (Å²) >= 11 is 12.2. The van der Waals surface area contributed by atoms with Gasteiger partial charge >= 0.3 is 0 Å². The number of rotatable bonds is 4. The first-order valence-corrected chi connectivity index (χ1v) is 6.87. The molecule has 0 saturated heterocycles. The lowest BCUT2D eigenvalue weighted by Crippen LogP contribution is -2.10. The molecule has 0 fully saturated rings. The molecule has 2 rings (SSSR count). The van der Waals surface area contributed by atoms with E-state index in [1.165, 1.54) is 0 Å². The first-order valence-electron chi connectivity index (χ1n) is 6.11. The molecule has 5 heteroatoms. The number of aryl methyl sites for hydroxylation is 1. The summed E-state index contributed by atoms with van der Waals surface area (Å²) in [5, 5.41) is 8.49. The molecule has 0 amide bonds. The fraction of sp³-hybridized carbons (Fsp3) is 0.133. The van der Waals surface area contributed by atoms with Crippen LogP contribution in [-0.4, -0.2) is 5.84 Å². The van der Waals surface area contributed by atoms with Gasteiger partial charge < -0.3 is 10.5 Å². The van der Waals surface area contributed by atoms with Crippen LogP contribution in [0.4, 0.5) is 0 Å². The number of nitrogen functional groups attached to an aromatic ring is 1. The maximum Gasteiger partial charge on any atom is 0.146 e. The molecule has 3 nitrogen and oxygen atoms in total. The molecule has 0 spiro atoms. The predicted octanol–water partition coefficient (Wildman–Crippen LogP) is 4.63. The van der Waals surface area contributed by atoms with E-state index in [4.69, 9.17) is 39.1 Å². The molecule has 0 aliphatic heterocycles. The predicted molar refractivity (Wildman–Crippen MR) is 83.4 cm³/mol. The van der Waals surface area contributed by atoms with E-state index in [0.717, 1.165) is 17.0 Å². The molecular formula is C15H14Cl2N2O. The van der Waals surface area contributed by atoms with Gasteiger partial charge in [0.1, 0.15) is 17.3 Å². The van der Waals surface area contributed by atoms with Crippen LogP contribution in [0, 0.1) is 5.41 Å². The summed E-state index contributed by atoms with van der Waals surface area (Å²) < 4.78 is 5.74. The Morgan fingerprint density at radius 3 is 2.50 bits per heavy atom. The van der Waals surface area contributed by atoms with Crippen molar-refractivity contribution in [2.24, 2.45) is 5.73 Å². The Kier molecular flexibility index (Phi) is 4.53. The molecule has 0 aromatic heterocycles. The summed E-state index contributed by atoms with van der Waals surface area (Å²) in [6.07, 6.45) is 0.826. The molecule has 2 aromatic carbocycles. The van der Waals surface area contributed by atoms with Gasteiger partial charge in [-0.25, -0.2) is 0 Å². The standard InChI is InChI=1S/C15H14Cl2N2O/c1-2-9-7-11(4-5-12(9)16)20-14-6-3-10(15(18)19)8-13(14)17/h3-8H,2H2,1H3,(H3,18,19). The van der Waals surface area contributed by atoms with E-state index in [-0.39, 0.29) is 5.84 Å². The van der Waals surface area contributed by atoms with Gasteiger partial charge in [0.05, 0.1) is 5.02 Å². The second-order valence-corrected chi connectivity index (χ2v) is 5.08. The minimum Gasteiger partial charge on any atom is -0.456 e. The molecule has 0 unspecified atom stereocenters. The Morgan fingerprint density at radius 1 is 1.15 bits per heavy atom. The summed E-state index contributed by atoms with van der Waals surface area (Å²) in [5.41, 5.74) is 6.99. The molecule has 0 radical (unpaired) electrons. The highest BCUT2D eigenvalue weighted by Gasteiger charge is 2.07. The number of amidine groups is 1. The summed E-state index contributed by atoms with van der Waals surface area (Å²) in [6.45, 7) is 2.03. The normalized spacial score (nSPS) is 10.3. The van der Waals surface area contributed by atoms with Crippen LogP contribution in [0.1, 0.15) is 18.1 Å². The minimum atomic E-state index is -0.0294. The molecule has 0 heterocycles. The maximum atomic E-state index is 7.36. The van der Waals surface area contributed by atoms with Crippen LogP contribution in [0.2, 0.25) is 10.0 Å². The van der Waals surface area contributed by atoms with Crippen molar-refractivity contribution in [3.63, 3.8) is 0 Å². The number of nitrogens with one attached hydrogen (secondary N) is 1. The van der Waals surface area contributed by atoms with Crippen LogP contribution in [-0.2, 0) is 6.42 Å². The number of benzene rings is 2. The number of nitrogens with two attached hydrogens (primary N) is 1. The third kappa shape index (κ3) is 3.24. The lowest BCUT2D eigenvalue weighted by molar-refractivity contribution is 0.482. The van der Waals surface area contributed by atoms with E-state index in [9.17, 15) is 0 Å². The third-order valence-electron chi connectivity index (χ3n) is 2.87.